The number of hydrogen-bond donors (Lipinski definition) is 2. The van der Waals surface area contributed by atoms with E-state index in [2.05, 4.69) is 81.7 Å². The first kappa shape index (κ1) is 23.3. The molecule has 6 rings (SSSR count). The van der Waals surface area contributed by atoms with Gasteiger partial charge in [-0.25, -0.2) is 9.13 Å². The Hall–Kier alpha value is -4.06. The van der Waals surface area contributed by atoms with Gasteiger partial charge >= 0.3 is 0 Å². The van der Waals surface area contributed by atoms with Gasteiger partial charge in [-0.2, -0.15) is 0 Å². The fourth-order valence-corrected chi connectivity index (χ4v) is 5.63. The number of aryl methyl sites for hydroxylation is 4. The number of benzene rings is 2. The van der Waals surface area contributed by atoms with Crippen molar-refractivity contribution in [1.29, 1.82) is 0 Å². The summed E-state index contributed by atoms with van der Waals surface area (Å²) in [6, 6.07) is 16.9. The Morgan fingerprint density at radius 2 is 1.05 bits per heavy atom. The van der Waals surface area contributed by atoms with E-state index in [0.717, 1.165) is 48.5 Å². The molecule has 0 radical (unpaired) electrons. The van der Waals surface area contributed by atoms with E-state index in [1.165, 1.54) is 50.4 Å². The molecule has 0 aliphatic heterocycles. The molecule has 4 aromatic heterocycles. The summed E-state index contributed by atoms with van der Waals surface area (Å²) in [5.74, 6) is 1.75. The normalized spacial score (nSPS) is 11.8. The van der Waals surface area contributed by atoms with Crippen molar-refractivity contribution in [1.82, 2.24) is 9.97 Å². The minimum Gasteiger partial charge on any atom is -0.497 e. The van der Waals surface area contributed by atoms with Crippen LogP contribution < -0.4 is 18.6 Å². The molecule has 0 aliphatic rings. The summed E-state index contributed by atoms with van der Waals surface area (Å²) < 4.78 is 15.5. The van der Waals surface area contributed by atoms with Crippen LogP contribution in [0.3, 0.4) is 0 Å². The third kappa shape index (κ3) is 4.06. The maximum Gasteiger partial charge on any atom is 0.202 e. The van der Waals surface area contributed by atoms with Crippen molar-refractivity contribution in [2.45, 2.75) is 46.2 Å². The topological polar surface area (TPSA) is 57.8 Å². The largest absolute Gasteiger partial charge is 0.497 e. The van der Waals surface area contributed by atoms with Gasteiger partial charge in [0.1, 0.15) is 35.6 Å². The van der Waals surface area contributed by atoms with Gasteiger partial charge < -0.3 is 19.4 Å². The van der Waals surface area contributed by atoms with Crippen molar-refractivity contribution in [3.05, 3.63) is 72.3 Å². The number of fused-ring (bicyclic) bond motifs is 6. The molecule has 0 atom stereocenters. The number of pyridine rings is 2. The van der Waals surface area contributed by atoms with E-state index in [9.17, 15) is 0 Å². The van der Waals surface area contributed by atoms with Crippen molar-refractivity contribution in [2.24, 2.45) is 0 Å². The summed E-state index contributed by atoms with van der Waals surface area (Å²) >= 11 is 0. The number of nitrogens with one attached hydrogen (secondary N) is 2. The number of nitrogens with zero attached hydrogens (tertiary/aromatic N) is 2. The Morgan fingerprint density at radius 1 is 0.595 bits per heavy atom. The second-order valence-electron chi connectivity index (χ2n) is 9.90. The molecule has 0 bridgehead atoms. The second-order valence-corrected chi connectivity index (χ2v) is 9.90. The summed E-state index contributed by atoms with van der Waals surface area (Å²) in [5, 5.41) is 5.02. The Balaban J connectivity index is 1.12. The lowest BCUT2D eigenvalue weighted by atomic mass is 10.1. The first-order valence-electron chi connectivity index (χ1n) is 13.0. The van der Waals surface area contributed by atoms with Crippen LogP contribution in [0.5, 0.6) is 11.5 Å². The van der Waals surface area contributed by atoms with Crippen LogP contribution in [0.15, 0.2) is 60.9 Å². The van der Waals surface area contributed by atoms with E-state index in [-0.39, 0.29) is 0 Å². The van der Waals surface area contributed by atoms with E-state index in [1.807, 2.05) is 12.1 Å². The molecule has 2 N–H and O–H groups in total. The van der Waals surface area contributed by atoms with E-state index in [0.29, 0.717) is 0 Å². The molecule has 0 fully saturated rings. The second kappa shape index (κ2) is 9.43. The standard InChI is InChI=1S/C31H32N4O2/c1-20-30-26(24-10-8-22(36-3)18-28(24)32-30)12-16-34(20)14-6-5-7-15-35-17-13-27-25-11-9-23(37-4)19-29(25)33-31(27)21(35)2/h8-13,16-19H,5-7,14-15H2,1-4H3/p+2. The van der Waals surface area contributed by atoms with Crippen LogP contribution >= 0.6 is 0 Å². The molecule has 2 aromatic carbocycles. The Bertz CT molecular complexity index is 1630. The van der Waals surface area contributed by atoms with Gasteiger partial charge in [-0.3, -0.25) is 0 Å². The average molecular weight is 495 g/mol. The number of H-pyrrole nitrogens is 2. The third-order valence-electron chi connectivity index (χ3n) is 7.82. The third-order valence-corrected chi connectivity index (χ3v) is 7.82. The average Bonchev–Trinajstić information content (AvgIpc) is 3.49. The molecule has 0 aliphatic carbocycles. The molecule has 0 saturated carbocycles. The highest BCUT2D eigenvalue weighted by Gasteiger charge is 2.17. The van der Waals surface area contributed by atoms with Crippen molar-refractivity contribution in [3.8, 4) is 11.5 Å². The van der Waals surface area contributed by atoms with Gasteiger partial charge in [-0.1, -0.05) is 0 Å². The van der Waals surface area contributed by atoms with Crippen LogP contribution in [0.2, 0.25) is 0 Å². The number of unbranched alkanes of at least 4 members (excludes halogenated alkanes) is 2. The van der Waals surface area contributed by atoms with E-state index in [1.54, 1.807) is 14.2 Å². The van der Waals surface area contributed by atoms with Gasteiger partial charge in [0, 0.05) is 72.5 Å². The van der Waals surface area contributed by atoms with E-state index in [4.69, 9.17) is 9.47 Å². The van der Waals surface area contributed by atoms with Gasteiger partial charge in [0.05, 0.1) is 25.3 Å². The molecule has 4 heterocycles. The zero-order valence-electron chi connectivity index (χ0n) is 22.0. The van der Waals surface area contributed by atoms with Crippen molar-refractivity contribution in [2.75, 3.05) is 14.2 Å². The molecule has 0 saturated heterocycles. The van der Waals surface area contributed by atoms with Gasteiger partial charge in [0.2, 0.25) is 11.4 Å². The fourth-order valence-electron chi connectivity index (χ4n) is 5.63. The van der Waals surface area contributed by atoms with Crippen LogP contribution in [-0.2, 0) is 13.1 Å². The van der Waals surface area contributed by atoms with Gasteiger partial charge in [-0.15, -0.1) is 0 Å². The highest BCUT2D eigenvalue weighted by atomic mass is 16.5. The lowest BCUT2D eigenvalue weighted by Gasteiger charge is -2.03. The molecule has 0 amide bonds. The molecule has 6 nitrogen and oxygen atoms in total. The fraction of sp³-hybridized carbons (Fsp3) is 0.290. The summed E-state index contributed by atoms with van der Waals surface area (Å²) in [7, 11) is 3.42. The van der Waals surface area contributed by atoms with E-state index < -0.39 is 0 Å². The Kier molecular flexibility index (Phi) is 5.95. The maximum atomic E-state index is 5.40. The van der Waals surface area contributed by atoms with Crippen molar-refractivity contribution >= 4 is 43.6 Å². The van der Waals surface area contributed by atoms with Crippen molar-refractivity contribution < 1.29 is 18.6 Å². The highest BCUT2D eigenvalue weighted by molar-refractivity contribution is 6.08. The highest BCUT2D eigenvalue weighted by Crippen LogP contribution is 2.30. The summed E-state index contributed by atoms with van der Waals surface area (Å²) in [5.41, 5.74) is 7.21. The molecule has 188 valence electrons. The zero-order valence-corrected chi connectivity index (χ0v) is 22.0. The lowest BCUT2D eigenvalue weighted by molar-refractivity contribution is -0.705. The Morgan fingerprint density at radius 3 is 1.49 bits per heavy atom. The molecule has 0 unspecified atom stereocenters. The minimum absolute atomic E-state index is 0.876. The molecular formula is C31H34N4O2+2. The molecule has 37 heavy (non-hydrogen) atoms. The SMILES string of the molecule is COc1ccc2c(c1)[nH]c1c(C)[n+](CCCCC[n+]3ccc4c([nH]c5cc(OC)ccc54)c3C)ccc12. The number of ether oxygens (including phenoxy) is 2. The monoisotopic (exact) mass is 494 g/mol. The number of hydrogen-bond acceptors (Lipinski definition) is 2. The summed E-state index contributed by atoms with van der Waals surface area (Å²) in [6.07, 6.45) is 7.95. The van der Waals surface area contributed by atoms with Crippen LogP contribution in [0.4, 0.5) is 0 Å². The maximum absolute atomic E-state index is 5.40. The number of aromatic amines is 2. The smallest absolute Gasteiger partial charge is 0.202 e. The number of aromatic nitrogens is 4. The molecule has 0 spiro atoms. The van der Waals surface area contributed by atoms with Gasteiger partial charge in [0.25, 0.3) is 0 Å². The zero-order chi connectivity index (χ0) is 25.5. The Labute approximate surface area is 216 Å². The number of rotatable bonds is 8. The predicted molar refractivity (Wildman–Crippen MR) is 148 cm³/mol. The van der Waals surface area contributed by atoms with Gasteiger partial charge in [-0.05, 0) is 30.7 Å². The van der Waals surface area contributed by atoms with Gasteiger partial charge in [0.15, 0.2) is 12.4 Å². The minimum atomic E-state index is 0.876. The molecule has 6 aromatic rings. The first-order chi connectivity index (χ1) is 18.1. The lowest BCUT2D eigenvalue weighted by Crippen LogP contribution is -2.38. The summed E-state index contributed by atoms with van der Waals surface area (Å²) in [6.45, 7) is 6.46. The quantitative estimate of drug-likeness (QED) is 0.200. The van der Waals surface area contributed by atoms with Crippen LogP contribution in [0, 0.1) is 13.8 Å². The summed E-state index contributed by atoms with van der Waals surface area (Å²) in [4.78, 5) is 7.21. The van der Waals surface area contributed by atoms with Crippen molar-refractivity contribution in [3.63, 3.8) is 0 Å². The molecular weight excluding hydrogens is 460 g/mol. The predicted octanol–water partition coefficient (Wildman–Crippen LogP) is 6.04. The number of methoxy groups -OCH3 is 2. The first-order valence-corrected chi connectivity index (χ1v) is 13.0. The molecule has 6 heteroatoms. The van der Waals surface area contributed by atoms with E-state index >= 15 is 0 Å². The van der Waals surface area contributed by atoms with Crippen LogP contribution in [0.1, 0.15) is 30.7 Å². The van der Waals surface area contributed by atoms with Crippen LogP contribution in [0.25, 0.3) is 43.6 Å². The van der Waals surface area contributed by atoms with Crippen LogP contribution in [-0.4, -0.2) is 24.2 Å².